The van der Waals surface area contributed by atoms with Gasteiger partial charge in [-0.1, -0.05) is 19.1 Å². The molecule has 1 aromatic heterocycles. The summed E-state index contributed by atoms with van der Waals surface area (Å²) in [6, 6.07) is 13.8. The van der Waals surface area contributed by atoms with Crippen LogP contribution in [-0.4, -0.2) is 60.5 Å². The molecule has 1 aliphatic rings. The van der Waals surface area contributed by atoms with E-state index < -0.39 is 0 Å². The maximum Gasteiger partial charge on any atom is 0.238 e. The van der Waals surface area contributed by atoms with Crippen molar-refractivity contribution in [1.82, 2.24) is 14.8 Å². The second-order valence-electron chi connectivity index (χ2n) is 7.38. The lowest BCUT2D eigenvalue weighted by Crippen LogP contribution is -2.47. The number of carbonyl (C=O) groups is 1. The van der Waals surface area contributed by atoms with E-state index in [-0.39, 0.29) is 5.91 Å². The summed E-state index contributed by atoms with van der Waals surface area (Å²) in [5, 5.41) is 2.98. The second kappa shape index (κ2) is 8.12. The highest BCUT2D eigenvalue weighted by atomic mass is 16.3. The Bertz CT molecular complexity index is 956. The molecule has 6 nitrogen and oxygen atoms in total. The van der Waals surface area contributed by atoms with Crippen molar-refractivity contribution in [1.29, 1.82) is 0 Å². The van der Waals surface area contributed by atoms with Gasteiger partial charge in [0.05, 0.1) is 6.54 Å². The Hall–Kier alpha value is -2.70. The van der Waals surface area contributed by atoms with Crippen molar-refractivity contribution in [2.75, 3.05) is 45.1 Å². The number of fused-ring (bicyclic) bond motifs is 1. The van der Waals surface area contributed by atoms with Crippen LogP contribution in [0.4, 0.5) is 5.69 Å². The topological polar surface area (TPSA) is 61.6 Å². The molecule has 0 bridgehead atoms. The summed E-state index contributed by atoms with van der Waals surface area (Å²) in [5.74, 6) is 0.598. The van der Waals surface area contributed by atoms with Gasteiger partial charge in [0.1, 0.15) is 5.52 Å². The average molecular weight is 378 g/mol. The van der Waals surface area contributed by atoms with Crippen LogP contribution in [0.15, 0.2) is 46.9 Å². The van der Waals surface area contributed by atoms with Gasteiger partial charge in [0.25, 0.3) is 0 Å². The van der Waals surface area contributed by atoms with E-state index in [0.717, 1.165) is 49.4 Å². The Morgan fingerprint density at radius 2 is 1.86 bits per heavy atom. The van der Waals surface area contributed by atoms with Crippen LogP contribution in [0.3, 0.4) is 0 Å². The van der Waals surface area contributed by atoms with E-state index in [1.54, 1.807) is 0 Å². The fourth-order valence-corrected chi connectivity index (χ4v) is 3.42. The Kier molecular flexibility index (Phi) is 5.41. The molecule has 0 radical (unpaired) electrons. The summed E-state index contributed by atoms with van der Waals surface area (Å²) < 4.78 is 5.88. The molecule has 1 N–H and O–H groups in total. The second-order valence-corrected chi connectivity index (χ2v) is 7.38. The number of benzene rings is 2. The van der Waals surface area contributed by atoms with Crippen molar-refractivity contribution in [3.63, 3.8) is 0 Å². The van der Waals surface area contributed by atoms with E-state index >= 15 is 0 Å². The van der Waals surface area contributed by atoms with Gasteiger partial charge in [-0.3, -0.25) is 9.69 Å². The van der Waals surface area contributed by atoms with Crippen LogP contribution in [0, 0.1) is 0 Å². The predicted octanol–water partition coefficient (Wildman–Crippen LogP) is 3.24. The smallest absolute Gasteiger partial charge is 0.238 e. The number of aryl methyl sites for hydroxylation is 1. The van der Waals surface area contributed by atoms with Crippen LogP contribution < -0.4 is 5.32 Å². The van der Waals surface area contributed by atoms with Crippen LogP contribution in [0.1, 0.15) is 12.5 Å². The van der Waals surface area contributed by atoms with Gasteiger partial charge >= 0.3 is 0 Å². The summed E-state index contributed by atoms with van der Waals surface area (Å²) in [6.45, 7) is 6.40. The standard InChI is InChI=1S/C22H26N4O2/c1-3-16-4-6-17(7-5-16)22-24-19-14-18(8-9-20(19)28-22)23-21(27)15-26-12-10-25(2)11-13-26/h4-9,14H,3,10-13,15H2,1-2H3,(H,23,27). The van der Waals surface area contributed by atoms with E-state index in [0.29, 0.717) is 18.0 Å². The Morgan fingerprint density at radius 3 is 2.57 bits per heavy atom. The lowest BCUT2D eigenvalue weighted by atomic mass is 10.1. The first-order valence-electron chi connectivity index (χ1n) is 9.81. The van der Waals surface area contributed by atoms with Crippen LogP contribution in [0.25, 0.3) is 22.6 Å². The van der Waals surface area contributed by atoms with Gasteiger partial charge in [-0.25, -0.2) is 4.98 Å². The third-order valence-corrected chi connectivity index (χ3v) is 5.24. The Morgan fingerprint density at radius 1 is 1.11 bits per heavy atom. The molecule has 1 fully saturated rings. The third kappa shape index (κ3) is 4.24. The van der Waals surface area contributed by atoms with Crippen molar-refractivity contribution in [3.8, 4) is 11.5 Å². The van der Waals surface area contributed by atoms with E-state index in [9.17, 15) is 4.79 Å². The number of nitrogens with one attached hydrogen (secondary N) is 1. The van der Waals surface area contributed by atoms with Gasteiger partial charge in [0.15, 0.2) is 5.58 Å². The molecule has 6 heteroatoms. The number of oxazole rings is 1. The fraction of sp³-hybridized carbons (Fsp3) is 0.364. The lowest BCUT2D eigenvalue weighted by molar-refractivity contribution is -0.117. The number of likely N-dealkylation sites (N-methyl/N-ethyl adjacent to an activating group) is 1. The number of piperazine rings is 1. The molecule has 2 aromatic carbocycles. The number of anilines is 1. The minimum absolute atomic E-state index is 0.00257. The van der Waals surface area contributed by atoms with Gasteiger partial charge in [-0.05, 0) is 49.4 Å². The summed E-state index contributed by atoms with van der Waals surface area (Å²) in [5.41, 5.74) is 4.44. The predicted molar refractivity (Wildman–Crippen MR) is 111 cm³/mol. The van der Waals surface area contributed by atoms with Crippen LogP contribution >= 0.6 is 0 Å². The maximum absolute atomic E-state index is 12.4. The summed E-state index contributed by atoms with van der Waals surface area (Å²) in [7, 11) is 2.11. The van der Waals surface area contributed by atoms with Gasteiger partial charge in [-0.2, -0.15) is 0 Å². The molecule has 146 valence electrons. The molecule has 28 heavy (non-hydrogen) atoms. The number of amides is 1. The largest absolute Gasteiger partial charge is 0.436 e. The van der Waals surface area contributed by atoms with Crippen molar-refractivity contribution < 1.29 is 9.21 Å². The zero-order chi connectivity index (χ0) is 19.5. The monoisotopic (exact) mass is 378 g/mol. The minimum Gasteiger partial charge on any atom is -0.436 e. The SMILES string of the molecule is CCc1ccc(-c2nc3cc(NC(=O)CN4CCN(C)CC4)ccc3o2)cc1. The zero-order valence-corrected chi connectivity index (χ0v) is 16.4. The number of rotatable bonds is 5. The highest BCUT2D eigenvalue weighted by molar-refractivity contribution is 5.94. The molecule has 1 aliphatic heterocycles. The van der Waals surface area contributed by atoms with E-state index in [4.69, 9.17) is 4.42 Å². The molecule has 0 atom stereocenters. The van der Waals surface area contributed by atoms with Crippen molar-refractivity contribution in [2.24, 2.45) is 0 Å². The Balaban J connectivity index is 1.44. The van der Waals surface area contributed by atoms with Crippen molar-refractivity contribution in [3.05, 3.63) is 48.0 Å². The van der Waals surface area contributed by atoms with Gasteiger partial charge in [0, 0.05) is 37.4 Å². The zero-order valence-electron chi connectivity index (χ0n) is 16.4. The first kappa shape index (κ1) is 18.7. The molecule has 1 saturated heterocycles. The first-order chi connectivity index (χ1) is 13.6. The molecule has 0 aliphatic carbocycles. The summed E-state index contributed by atoms with van der Waals surface area (Å²) in [6.07, 6.45) is 1.00. The number of aromatic nitrogens is 1. The molecule has 1 amide bonds. The molecule has 0 unspecified atom stereocenters. The van der Waals surface area contributed by atoms with Crippen LogP contribution in [0.2, 0.25) is 0 Å². The summed E-state index contributed by atoms with van der Waals surface area (Å²) in [4.78, 5) is 21.4. The highest BCUT2D eigenvalue weighted by Crippen LogP contribution is 2.26. The van der Waals surface area contributed by atoms with E-state index in [1.165, 1.54) is 5.56 Å². The van der Waals surface area contributed by atoms with Crippen molar-refractivity contribution >= 4 is 22.7 Å². The number of nitrogens with zero attached hydrogens (tertiary/aromatic N) is 3. The van der Waals surface area contributed by atoms with Gasteiger partial charge in [-0.15, -0.1) is 0 Å². The molecular weight excluding hydrogens is 352 g/mol. The quantitative estimate of drug-likeness (QED) is 0.738. The Labute approximate surface area is 165 Å². The van der Waals surface area contributed by atoms with E-state index in [1.807, 2.05) is 30.3 Å². The van der Waals surface area contributed by atoms with Crippen LogP contribution in [-0.2, 0) is 11.2 Å². The molecule has 0 spiro atoms. The van der Waals surface area contributed by atoms with Gasteiger partial charge in [0.2, 0.25) is 11.8 Å². The van der Waals surface area contributed by atoms with Crippen molar-refractivity contribution in [2.45, 2.75) is 13.3 Å². The molecule has 0 saturated carbocycles. The molecular formula is C22H26N4O2. The molecule has 3 aromatic rings. The number of hydrogen-bond donors (Lipinski definition) is 1. The fourth-order valence-electron chi connectivity index (χ4n) is 3.42. The first-order valence-corrected chi connectivity index (χ1v) is 9.81. The molecule has 2 heterocycles. The average Bonchev–Trinajstić information content (AvgIpc) is 3.13. The maximum atomic E-state index is 12.4. The number of carbonyl (C=O) groups excluding carboxylic acids is 1. The third-order valence-electron chi connectivity index (χ3n) is 5.24. The van der Waals surface area contributed by atoms with Gasteiger partial charge < -0.3 is 14.6 Å². The minimum atomic E-state index is 0.00257. The van der Waals surface area contributed by atoms with Crippen LogP contribution in [0.5, 0.6) is 0 Å². The molecule has 4 rings (SSSR count). The summed E-state index contributed by atoms with van der Waals surface area (Å²) >= 11 is 0. The van der Waals surface area contributed by atoms with E-state index in [2.05, 4.69) is 46.2 Å². The highest BCUT2D eigenvalue weighted by Gasteiger charge is 2.17. The number of hydrogen-bond acceptors (Lipinski definition) is 5. The lowest BCUT2D eigenvalue weighted by Gasteiger charge is -2.31. The normalized spacial score (nSPS) is 15.8.